The van der Waals surface area contributed by atoms with Gasteiger partial charge in [-0.1, -0.05) is 36.7 Å². The maximum absolute atomic E-state index is 12.1. The molecular weight excluding hydrogens is 332 g/mol. The number of aryl methyl sites for hydroxylation is 1. The van der Waals surface area contributed by atoms with Crippen LogP contribution in [0.15, 0.2) is 33.2 Å². The number of nitrogens with one attached hydrogen (secondary N) is 1. The van der Waals surface area contributed by atoms with Crippen LogP contribution >= 0.6 is 15.9 Å². The van der Waals surface area contributed by atoms with E-state index < -0.39 is 0 Å². The fraction of sp³-hybridized carbons (Fsp3) is 0.375. The first-order valence-electron chi connectivity index (χ1n) is 6.78. The second-order valence-corrected chi connectivity index (χ2v) is 6.93. The first kappa shape index (κ1) is 15.8. The summed E-state index contributed by atoms with van der Waals surface area (Å²) < 4.78 is 6.70. The Morgan fingerprint density at radius 3 is 2.43 bits per heavy atom. The van der Waals surface area contributed by atoms with Gasteiger partial charge in [-0.2, -0.15) is 0 Å². The number of anilines is 1. The summed E-state index contributed by atoms with van der Waals surface area (Å²) in [7, 11) is 0. The van der Waals surface area contributed by atoms with Crippen LogP contribution in [0.1, 0.15) is 38.1 Å². The molecule has 1 aromatic heterocycles. The quantitative estimate of drug-likeness (QED) is 0.901. The smallest absolute Gasteiger partial charge is 0.232 e. The van der Waals surface area contributed by atoms with Gasteiger partial charge in [0.1, 0.15) is 5.76 Å². The molecular formula is C16H19BrN2O2. The molecule has 0 fully saturated rings. The molecule has 0 bridgehead atoms. The third kappa shape index (κ3) is 4.17. The Morgan fingerprint density at radius 1 is 1.29 bits per heavy atom. The summed E-state index contributed by atoms with van der Waals surface area (Å²) in [6, 6.07) is 7.45. The summed E-state index contributed by atoms with van der Waals surface area (Å²) >= 11 is 3.36. The number of nitrogens with zero attached hydrogens (tertiary/aromatic N) is 1. The molecule has 0 unspecified atom stereocenters. The van der Waals surface area contributed by atoms with Crippen molar-refractivity contribution in [2.75, 3.05) is 5.32 Å². The number of amides is 1. The number of carbonyl (C=O) groups excluding carboxylic acids is 1. The molecule has 0 radical (unpaired) electrons. The fourth-order valence-electron chi connectivity index (χ4n) is 1.80. The molecule has 21 heavy (non-hydrogen) atoms. The number of benzene rings is 1. The van der Waals surface area contributed by atoms with Crippen molar-refractivity contribution in [3.05, 3.63) is 46.1 Å². The average Bonchev–Trinajstić information content (AvgIpc) is 2.74. The molecule has 1 aromatic carbocycles. The molecule has 0 aliphatic heterocycles. The van der Waals surface area contributed by atoms with Crippen LogP contribution in [0.4, 0.5) is 5.69 Å². The van der Waals surface area contributed by atoms with E-state index in [-0.39, 0.29) is 17.7 Å². The van der Waals surface area contributed by atoms with E-state index in [9.17, 15) is 4.79 Å². The molecule has 4 nitrogen and oxygen atoms in total. The number of hydrogen-bond donors (Lipinski definition) is 1. The van der Waals surface area contributed by atoms with Gasteiger partial charge in [0.25, 0.3) is 0 Å². The lowest BCUT2D eigenvalue weighted by Crippen LogP contribution is -2.14. The number of aromatic nitrogens is 1. The second kappa shape index (κ2) is 6.02. The fourth-order valence-corrected chi connectivity index (χ4v) is 2.06. The zero-order valence-corrected chi connectivity index (χ0v) is 14.2. The van der Waals surface area contributed by atoms with Crippen molar-refractivity contribution in [1.29, 1.82) is 0 Å². The molecule has 2 rings (SSSR count). The maximum Gasteiger partial charge on any atom is 0.232 e. The summed E-state index contributed by atoms with van der Waals surface area (Å²) in [6.45, 7) is 7.96. The molecule has 0 aliphatic carbocycles. The van der Waals surface area contributed by atoms with E-state index in [1.165, 1.54) is 0 Å². The summed E-state index contributed by atoms with van der Waals surface area (Å²) in [5, 5.41) is 2.85. The maximum atomic E-state index is 12.1. The molecule has 1 amide bonds. The van der Waals surface area contributed by atoms with Crippen LogP contribution in [0, 0.1) is 6.92 Å². The number of halogens is 1. The highest BCUT2D eigenvalue weighted by molar-refractivity contribution is 9.10. The predicted octanol–water partition coefficient (Wildman–Crippen LogP) is 4.22. The standard InChI is InChI=1S/C16H19BrN2O2/c1-10-13(21-15(18-10)16(2,3)4)9-14(20)19-12-7-5-11(17)6-8-12/h5-8H,9H2,1-4H3,(H,19,20). The number of oxazole rings is 1. The topological polar surface area (TPSA) is 55.1 Å². The van der Waals surface area contributed by atoms with Crippen molar-refractivity contribution in [1.82, 2.24) is 4.98 Å². The molecule has 0 atom stereocenters. The highest BCUT2D eigenvalue weighted by Gasteiger charge is 2.23. The van der Waals surface area contributed by atoms with E-state index in [4.69, 9.17) is 4.42 Å². The number of carbonyl (C=O) groups is 1. The van der Waals surface area contributed by atoms with E-state index in [0.717, 1.165) is 15.9 Å². The highest BCUT2D eigenvalue weighted by atomic mass is 79.9. The van der Waals surface area contributed by atoms with Gasteiger partial charge in [-0.05, 0) is 31.2 Å². The zero-order chi connectivity index (χ0) is 15.6. The summed E-state index contributed by atoms with van der Waals surface area (Å²) in [4.78, 5) is 16.5. The molecule has 112 valence electrons. The molecule has 1 N–H and O–H groups in total. The Morgan fingerprint density at radius 2 is 1.90 bits per heavy atom. The average molecular weight is 351 g/mol. The van der Waals surface area contributed by atoms with E-state index >= 15 is 0 Å². The highest BCUT2D eigenvalue weighted by Crippen LogP contribution is 2.24. The minimum atomic E-state index is -0.162. The minimum absolute atomic E-state index is 0.114. The van der Waals surface area contributed by atoms with Gasteiger partial charge < -0.3 is 9.73 Å². The third-order valence-electron chi connectivity index (χ3n) is 2.98. The van der Waals surface area contributed by atoms with Crippen LogP contribution in [0.3, 0.4) is 0 Å². The van der Waals surface area contributed by atoms with Crippen molar-refractivity contribution in [2.24, 2.45) is 0 Å². The summed E-state index contributed by atoms with van der Waals surface area (Å²) in [5.41, 5.74) is 1.37. The van der Waals surface area contributed by atoms with Crippen LogP contribution < -0.4 is 5.32 Å². The van der Waals surface area contributed by atoms with Crippen LogP contribution in [-0.2, 0) is 16.6 Å². The molecule has 0 spiro atoms. The van der Waals surface area contributed by atoms with Crippen molar-refractivity contribution in [3.8, 4) is 0 Å². The van der Waals surface area contributed by atoms with Gasteiger partial charge in [-0.15, -0.1) is 0 Å². The molecule has 0 saturated carbocycles. The van der Waals surface area contributed by atoms with Crippen molar-refractivity contribution in [2.45, 2.75) is 39.5 Å². The first-order valence-corrected chi connectivity index (χ1v) is 7.57. The lowest BCUT2D eigenvalue weighted by molar-refractivity contribution is -0.115. The minimum Gasteiger partial charge on any atom is -0.444 e. The molecule has 0 saturated heterocycles. The zero-order valence-electron chi connectivity index (χ0n) is 12.7. The molecule has 5 heteroatoms. The van der Waals surface area contributed by atoms with Crippen molar-refractivity contribution < 1.29 is 9.21 Å². The largest absolute Gasteiger partial charge is 0.444 e. The van der Waals surface area contributed by atoms with Gasteiger partial charge in [0.2, 0.25) is 5.91 Å². The van der Waals surface area contributed by atoms with E-state index in [1.807, 2.05) is 52.0 Å². The third-order valence-corrected chi connectivity index (χ3v) is 3.51. The van der Waals surface area contributed by atoms with E-state index in [2.05, 4.69) is 26.2 Å². The Balaban J connectivity index is 2.06. The molecule has 2 aromatic rings. The van der Waals surface area contributed by atoms with Gasteiger partial charge in [0, 0.05) is 15.6 Å². The monoisotopic (exact) mass is 350 g/mol. The lowest BCUT2D eigenvalue weighted by atomic mass is 9.97. The predicted molar refractivity (Wildman–Crippen MR) is 86.4 cm³/mol. The Kier molecular flexibility index (Phi) is 4.52. The normalized spacial score (nSPS) is 11.5. The Bertz CT molecular complexity index is 639. The summed E-state index contributed by atoms with van der Waals surface area (Å²) in [5.74, 6) is 1.16. The van der Waals surface area contributed by atoms with Crippen molar-refractivity contribution in [3.63, 3.8) is 0 Å². The van der Waals surface area contributed by atoms with Crippen LogP contribution in [0.25, 0.3) is 0 Å². The van der Waals surface area contributed by atoms with Crippen LogP contribution in [0.2, 0.25) is 0 Å². The lowest BCUT2D eigenvalue weighted by Gasteiger charge is -2.12. The van der Waals surface area contributed by atoms with Gasteiger partial charge in [0.05, 0.1) is 12.1 Å². The first-order chi connectivity index (χ1) is 9.75. The van der Waals surface area contributed by atoms with Gasteiger partial charge in [-0.3, -0.25) is 4.79 Å². The van der Waals surface area contributed by atoms with Gasteiger partial charge in [0.15, 0.2) is 5.89 Å². The van der Waals surface area contributed by atoms with Gasteiger partial charge >= 0.3 is 0 Å². The van der Waals surface area contributed by atoms with E-state index in [0.29, 0.717) is 11.7 Å². The van der Waals surface area contributed by atoms with Crippen LogP contribution in [0.5, 0.6) is 0 Å². The molecule has 1 heterocycles. The van der Waals surface area contributed by atoms with Crippen molar-refractivity contribution >= 4 is 27.5 Å². The SMILES string of the molecule is Cc1nc(C(C)(C)C)oc1CC(=O)Nc1ccc(Br)cc1. The Labute approximate surface area is 133 Å². The van der Waals surface area contributed by atoms with Crippen LogP contribution in [-0.4, -0.2) is 10.9 Å². The number of rotatable bonds is 3. The number of hydrogen-bond acceptors (Lipinski definition) is 3. The second-order valence-electron chi connectivity index (χ2n) is 6.01. The van der Waals surface area contributed by atoms with E-state index in [1.54, 1.807) is 0 Å². The Hall–Kier alpha value is -1.62. The molecule has 0 aliphatic rings. The van der Waals surface area contributed by atoms with Gasteiger partial charge in [-0.25, -0.2) is 4.98 Å². The summed E-state index contributed by atoms with van der Waals surface area (Å²) in [6.07, 6.45) is 0.185.